The first-order chi connectivity index (χ1) is 16.0. The minimum Gasteiger partial charge on any atom is -0.486 e. The van der Waals surface area contributed by atoms with E-state index in [2.05, 4.69) is 38.1 Å². The molecule has 0 bridgehead atoms. The number of hydrogen-bond acceptors (Lipinski definition) is 6. The molecule has 0 saturated heterocycles. The van der Waals surface area contributed by atoms with Gasteiger partial charge in [-0.05, 0) is 67.4 Å². The van der Waals surface area contributed by atoms with Crippen LogP contribution in [0.5, 0.6) is 5.75 Å². The standard InChI is InChI=1S/C24H27N7O2/c1-4-30-22(26-28-29-30)16-33-21-12-10-20(11-13-21)24(32)25-23-17(2)27-31(18(23)3)15-14-19-8-6-5-7-9-19/h5-13H,4,14-16H2,1-3H3,(H,25,32). The number of anilines is 1. The molecule has 2 aromatic heterocycles. The third-order valence-corrected chi connectivity index (χ3v) is 5.47. The molecule has 0 aliphatic rings. The van der Waals surface area contributed by atoms with Crippen LogP contribution in [-0.4, -0.2) is 35.9 Å². The average Bonchev–Trinajstić information content (AvgIpc) is 3.41. The van der Waals surface area contributed by atoms with Crippen LogP contribution in [0.25, 0.3) is 0 Å². The summed E-state index contributed by atoms with van der Waals surface area (Å²) in [4.78, 5) is 12.8. The van der Waals surface area contributed by atoms with Crippen molar-refractivity contribution in [1.29, 1.82) is 0 Å². The molecule has 1 amide bonds. The molecule has 4 rings (SSSR count). The maximum atomic E-state index is 12.8. The summed E-state index contributed by atoms with van der Waals surface area (Å²) < 4.78 is 9.36. The Morgan fingerprint density at radius 2 is 1.79 bits per heavy atom. The predicted molar refractivity (Wildman–Crippen MR) is 124 cm³/mol. The van der Waals surface area contributed by atoms with Gasteiger partial charge >= 0.3 is 0 Å². The Morgan fingerprint density at radius 3 is 2.52 bits per heavy atom. The minimum atomic E-state index is -0.190. The van der Waals surface area contributed by atoms with Crippen molar-refractivity contribution in [2.45, 2.75) is 46.9 Å². The van der Waals surface area contributed by atoms with Crippen molar-refractivity contribution < 1.29 is 9.53 Å². The number of nitrogens with one attached hydrogen (secondary N) is 1. The van der Waals surface area contributed by atoms with Gasteiger partial charge in [0.15, 0.2) is 5.82 Å². The zero-order valence-corrected chi connectivity index (χ0v) is 19.0. The normalized spacial score (nSPS) is 10.9. The first kappa shape index (κ1) is 22.2. The lowest BCUT2D eigenvalue weighted by molar-refractivity contribution is 0.102. The Balaban J connectivity index is 1.37. The summed E-state index contributed by atoms with van der Waals surface area (Å²) in [6.45, 7) is 7.52. The van der Waals surface area contributed by atoms with Crippen LogP contribution in [0.3, 0.4) is 0 Å². The van der Waals surface area contributed by atoms with Crippen LogP contribution in [-0.2, 0) is 26.1 Å². The van der Waals surface area contributed by atoms with Gasteiger partial charge in [-0.25, -0.2) is 4.68 Å². The fourth-order valence-corrected chi connectivity index (χ4v) is 3.58. The Labute approximate surface area is 192 Å². The molecule has 2 aromatic carbocycles. The molecule has 0 aliphatic heterocycles. The van der Waals surface area contributed by atoms with Gasteiger partial charge in [0.2, 0.25) is 0 Å². The van der Waals surface area contributed by atoms with Crippen molar-refractivity contribution in [3.05, 3.63) is 82.9 Å². The van der Waals surface area contributed by atoms with E-state index >= 15 is 0 Å². The van der Waals surface area contributed by atoms with Crippen LogP contribution >= 0.6 is 0 Å². The smallest absolute Gasteiger partial charge is 0.255 e. The molecule has 0 radical (unpaired) electrons. The molecule has 0 atom stereocenters. The van der Waals surface area contributed by atoms with Gasteiger partial charge in [-0.2, -0.15) is 5.10 Å². The van der Waals surface area contributed by atoms with E-state index in [1.165, 1.54) is 5.56 Å². The van der Waals surface area contributed by atoms with Crippen LogP contribution in [0.2, 0.25) is 0 Å². The van der Waals surface area contributed by atoms with Gasteiger partial charge in [0.25, 0.3) is 5.91 Å². The second kappa shape index (κ2) is 10.1. The summed E-state index contributed by atoms with van der Waals surface area (Å²) in [7, 11) is 0. The number of carbonyl (C=O) groups excluding carboxylic acids is 1. The lowest BCUT2D eigenvalue weighted by Crippen LogP contribution is -2.13. The Morgan fingerprint density at radius 1 is 1.03 bits per heavy atom. The number of ether oxygens (including phenoxy) is 1. The molecule has 0 saturated carbocycles. The molecule has 0 aliphatic carbocycles. The number of hydrogen-bond donors (Lipinski definition) is 1. The maximum Gasteiger partial charge on any atom is 0.255 e. The molecule has 4 aromatic rings. The van der Waals surface area contributed by atoms with E-state index in [1.54, 1.807) is 28.9 Å². The number of aromatic nitrogens is 6. The second-order valence-electron chi connectivity index (χ2n) is 7.68. The molecule has 9 nitrogen and oxygen atoms in total. The first-order valence-electron chi connectivity index (χ1n) is 10.9. The lowest BCUT2D eigenvalue weighted by atomic mass is 10.1. The third-order valence-electron chi connectivity index (χ3n) is 5.47. The monoisotopic (exact) mass is 445 g/mol. The summed E-state index contributed by atoms with van der Waals surface area (Å²) in [5, 5.41) is 19.1. The largest absolute Gasteiger partial charge is 0.486 e. The number of amides is 1. The van der Waals surface area contributed by atoms with Crippen molar-refractivity contribution in [2.75, 3.05) is 5.32 Å². The van der Waals surface area contributed by atoms with Gasteiger partial charge in [-0.15, -0.1) is 5.10 Å². The SMILES string of the molecule is CCn1nnnc1COc1ccc(C(=O)Nc2c(C)nn(CCc3ccccc3)c2C)cc1. The Kier molecular flexibility index (Phi) is 6.77. The first-order valence-corrected chi connectivity index (χ1v) is 10.9. The predicted octanol–water partition coefficient (Wildman–Crippen LogP) is 3.58. The van der Waals surface area contributed by atoms with Gasteiger partial charge in [0, 0.05) is 18.7 Å². The topological polar surface area (TPSA) is 99.8 Å². The minimum absolute atomic E-state index is 0.190. The summed E-state index contributed by atoms with van der Waals surface area (Å²) in [6, 6.07) is 17.3. The van der Waals surface area contributed by atoms with Crippen molar-refractivity contribution in [3.8, 4) is 5.75 Å². The van der Waals surface area contributed by atoms with Gasteiger partial charge in [0.05, 0.1) is 17.1 Å². The molecule has 0 unspecified atom stereocenters. The quantitative estimate of drug-likeness (QED) is 0.423. The molecule has 0 fully saturated rings. The fourth-order valence-electron chi connectivity index (χ4n) is 3.58. The number of benzene rings is 2. The van der Waals surface area contributed by atoms with Crippen LogP contribution < -0.4 is 10.1 Å². The Bertz CT molecular complexity index is 1210. The zero-order valence-electron chi connectivity index (χ0n) is 19.0. The van der Waals surface area contributed by atoms with Gasteiger partial charge < -0.3 is 10.1 Å². The summed E-state index contributed by atoms with van der Waals surface area (Å²) in [5.41, 5.74) is 4.27. The molecule has 9 heteroatoms. The summed E-state index contributed by atoms with van der Waals surface area (Å²) in [5.74, 6) is 1.10. The van der Waals surface area contributed by atoms with Crippen molar-refractivity contribution in [3.63, 3.8) is 0 Å². The van der Waals surface area contributed by atoms with Crippen LogP contribution in [0.4, 0.5) is 5.69 Å². The third kappa shape index (κ3) is 5.25. The van der Waals surface area contributed by atoms with Crippen molar-refractivity contribution in [2.24, 2.45) is 0 Å². The van der Waals surface area contributed by atoms with Gasteiger partial charge in [0.1, 0.15) is 12.4 Å². The molecule has 33 heavy (non-hydrogen) atoms. The van der Waals surface area contributed by atoms with E-state index in [0.717, 1.165) is 30.0 Å². The van der Waals surface area contributed by atoms with E-state index in [-0.39, 0.29) is 12.5 Å². The highest BCUT2D eigenvalue weighted by Gasteiger charge is 2.15. The highest BCUT2D eigenvalue weighted by Crippen LogP contribution is 2.22. The fraction of sp³-hybridized carbons (Fsp3) is 0.292. The highest BCUT2D eigenvalue weighted by atomic mass is 16.5. The lowest BCUT2D eigenvalue weighted by Gasteiger charge is -2.09. The van der Waals surface area contributed by atoms with E-state index in [9.17, 15) is 4.79 Å². The van der Waals surface area contributed by atoms with Gasteiger partial charge in [-0.3, -0.25) is 9.48 Å². The summed E-state index contributed by atoms with van der Waals surface area (Å²) >= 11 is 0. The molecular formula is C24H27N7O2. The second-order valence-corrected chi connectivity index (χ2v) is 7.68. The van der Waals surface area contributed by atoms with Crippen LogP contribution in [0, 0.1) is 13.8 Å². The number of rotatable bonds is 9. The average molecular weight is 446 g/mol. The van der Waals surface area contributed by atoms with E-state index in [0.29, 0.717) is 23.7 Å². The molecule has 2 heterocycles. The Hall–Kier alpha value is -4.01. The van der Waals surface area contributed by atoms with Crippen LogP contribution in [0.1, 0.15) is 40.1 Å². The zero-order chi connectivity index (χ0) is 23.2. The number of carbonyl (C=O) groups is 1. The van der Waals surface area contributed by atoms with E-state index in [4.69, 9.17) is 4.74 Å². The summed E-state index contributed by atoms with van der Waals surface area (Å²) in [6.07, 6.45) is 0.877. The number of nitrogens with zero attached hydrogens (tertiary/aromatic N) is 6. The molecule has 1 N–H and O–H groups in total. The highest BCUT2D eigenvalue weighted by molar-refractivity contribution is 6.04. The van der Waals surface area contributed by atoms with Crippen molar-refractivity contribution in [1.82, 2.24) is 30.0 Å². The molecular weight excluding hydrogens is 418 g/mol. The van der Waals surface area contributed by atoms with Crippen molar-refractivity contribution >= 4 is 11.6 Å². The number of aryl methyl sites for hydroxylation is 4. The van der Waals surface area contributed by atoms with E-state index in [1.807, 2.05) is 43.7 Å². The molecule has 0 spiro atoms. The molecule has 170 valence electrons. The van der Waals surface area contributed by atoms with Crippen LogP contribution in [0.15, 0.2) is 54.6 Å². The van der Waals surface area contributed by atoms with E-state index < -0.39 is 0 Å². The number of tetrazole rings is 1. The van der Waals surface area contributed by atoms with Gasteiger partial charge in [-0.1, -0.05) is 30.3 Å². The maximum absolute atomic E-state index is 12.8.